The smallest absolute Gasteiger partial charge is 0.392 e. The Balaban J connectivity index is 0.00000576. The van der Waals surface area contributed by atoms with Crippen LogP contribution in [-0.4, -0.2) is 27.5 Å². The molecule has 0 bridgehead atoms. The van der Waals surface area contributed by atoms with Crippen molar-refractivity contribution in [2.75, 3.05) is 0 Å². The minimum atomic E-state index is -5.26. The zero-order valence-corrected chi connectivity index (χ0v) is 14.0. The van der Waals surface area contributed by atoms with Gasteiger partial charge in [-0.1, -0.05) is 32.3 Å². The predicted molar refractivity (Wildman–Crippen MR) is 70.3 cm³/mol. The molecule has 145 valence electrons. The molecule has 0 aliphatic rings. The third kappa shape index (κ3) is 4.85. The van der Waals surface area contributed by atoms with Gasteiger partial charge in [-0.25, -0.2) is 4.39 Å². The molecule has 4 nitrogen and oxygen atoms in total. The van der Waals surface area contributed by atoms with Crippen LogP contribution in [0.3, 0.4) is 0 Å². The molecule has 0 fully saturated rings. The van der Waals surface area contributed by atoms with Crippen LogP contribution in [0.2, 0.25) is 0 Å². The minimum absolute atomic E-state index is 0. The van der Waals surface area contributed by atoms with Crippen molar-refractivity contribution < 1.29 is 53.6 Å². The Morgan fingerprint density at radius 1 is 1.04 bits per heavy atom. The predicted octanol–water partition coefficient (Wildman–Crippen LogP) is 3.67. The molecule has 0 aromatic carbocycles. The second-order valence-electron chi connectivity index (χ2n) is 6.20. The van der Waals surface area contributed by atoms with Gasteiger partial charge in [-0.2, -0.15) is 22.0 Å². The first kappa shape index (κ1) is 23.7. The quantitative estimate of drug-likeness (QED) is 0.340. The van der Waals surface area contributed by atoms with E-state index in [0.29, 0.717) is 0 Å². The average molecular weight is 420 g/mol. The Bertz CT molecular complexity index is 669. The molecule has 0 saturated carbocycles. The molecule has 0 saturated heterocycles. The summed E-state index contributed by atoms with van der Waals surface area (Å²) in [6, 6.07) is 0. The zero-order valence-electron chi connectivity index (χ0n) is 13.1. The Kier molecular flexibility index (Phi) is 7.49. The van der Waals surface area contributed by atoms with E-state index in [0.717, 1.165) is 0 Å². The Morgan fingerprint density at radius 3 is 1.88 bits per heavy atom. The van der Waals surface area contributed by atoms with Crippen LogP contribution in [0.1, 0.15) is 32.4 Å². The monoisotopic (exact) mass is 419 g/mol. The first-order valence-corrected chi connectivity index (χ1v) is 6.58. The van der Waals surface area contributed by atoms with Crippen molar-refractivity contribution >= 4 is 5.82 Å². The fraction of sp³-hybridized carbons (Fsp3) is 0.571. The first-order chi connectivity index (χ1) is 10.7. The van der Waals surface area contributed by atoms with E-state index in [1.807, 2.05) is 0 Å². The van der Waals surface area contributed by atoms with Crippen molar-refractivity contribution in [3.63, 3.8) is 0 Å². The molecule has 11 heteroatoms. The van der Waals surface area contributed by atoms with Crippen molar-refractivity contribution in [2.45, 2.75) is 39.2 Å². The van der Waals surface area contributed by atoms with Gasteiger partial charge in [0.2, 0.25) is 5.82 Å². The maximum Gasteiger partial charge on any atom is 0.397 e. The minimum Gasteiger partial charge on any atom is -0.392 e. The second kappa shape index (κ2) is 7.91. The van der Waals surface area contributed by atoms with Crippen LogP contribution >= 0.6 is 0 Å². The molecule has 25 heavy (non-hydrogen) atoms. The van der Waals surface area contributed by atoms with Gasteiger partial charge in [0, 0.05) is 17.1 Å². The molecular weight excluding hydrogens is 406 g/mol. The van der Waals surface area contributed by atoms with Gasteiger partial charge in [0.05, 0.1) is 17.8 Å². The van der Waals surface area contributed by atoms with Crippen molar-refractivity contribution in [3.8, 4) is 0 Å². The number of rotatable bonds is 3. The van der Waals surface area contributed by atoms with Crippen LogP contribution in [0.5, 0.6) is 0 Å². The standard InChI is InChI=1S/C14H14F6N2O2.Cu/c1-13(2,3)10(24)6(14(18,19)20)9(23)5-7(15)11(17)22-12(21-4)8(5)16;/h6,9-10,23-24H,1-3H3;. The Morgan fingerprint density at radius 2 is 1.52 bits per heavy atom. The maximum absolute atomic E-state index is 14.0. The van der Waals surface area contributed by atoms with E-state index in [1.54, 1.807) is 0 Å². The molecule has 3 atom stereocenters. The number of aliphatic hydroxyl groups is 2. The van der Waals surface area contributed by atoms with Crippen LogP contribution in [0.4, 0.5) is 32.2 Å². The van der Waals surface area contributed by atoms with Gasteiger partial charge in [-0.3, -0.25) is 0 Å². The average Bonchev–Trinajstić information content (AvgIpc) is 2.40. The van der Waals surface area contributed by atoms with Gasteiger partial charge in [-0.05, 0) is 5.41 Å². The zero-order chi connectivity index (χ0) is 19.0. The molecule has 1 aromatic rings. The summed E-state index contributed by atoms with van der Waals surface area (Å²) in [7, 11) is 0. The Labute approximate surface area is 150 Å². The number of pyridine rings is 1. The van der Waals surface area contributed by atoms with Gasteiger partial charge < -0.3 is 15.1 Å². The Hall–Kier alpha value is -1.34. The van der Waals surface area contributed by atoms with E-state index in [4.69, 9.17) is 6.57 Å². The van der Waals surface area contributed by atoms with E-state index in [2.05, 4.69) is 9.83 Å². The number of hydrogen-bond acceptors (Lipinski definition) is 3. The van der Waals surface area contributed by atoms with E-state index < -0.39 is 58.7 Å². The summed E-state index contributed by atoms with van der Waals surface area (Å²) < 4.78 is 80.8. The number of aromatic nitrogens is 1. The van der Waals surface area contributed by atoms with Crippen LogP contribution in [-0.2, 0) is 17.1 Å². The summed E-state index contributed by atoms with van der Waals surface area (Å²) in [5, 5.41) is 19.8. The van der Waals surface area contributed by atoms with Crippen molar-refractivity contribution in [2.24, 2.45) is 11.3 Å². The van der Waals surface area contributed by atoms with Crippen LogP contribution < -0.4 is 0 Å². The molecule has 1 heterocycles. The van der Waals surface area contributed by atoms with Gasteiger partial charge in [0.1, 0.15) is 5.92 Å². The summed E-state index contributed by atoms with van der Waals surface area (Å²) in [4.78, 5) is 5.06. The molecule has 0 aliphatic carbocycles. The van der Waals surface area contributed by atoms with Crippen molar-refractivity contribution in [3.05, 3.63) is 34.6 Å². The van der Waals surface area contributed by atoms with Gasteiger partial charge >= 0.3 is 17.9 Å². The van der Waals surface area contributed by atoms with E-state index in [-0.39, 0.29) is 17.1 Å². The summed E-state index contributed by atoms with van der Waals surface area (Å²) in [5.41, 5.74) is -3.11. The second-order valence-corrected chi connectivity index (χ2v) is 6.20. The molecule has 1 radical (unpaired) electrons. The topological polar surface area (TPSA) is 57.7 Å². The molecule has 3 unspecified atom stereocenters. The molecule has 0 amide bonds. The first-order valence-electron chi connectivity index (χ1n) is 6.58. The third-order valence-electron chi connectivity index (χ3n) is 3.40. The summed E-state index contributed by atoms with van der Waals surface area (Å²) >= 11 is 0. The maximum atomic E-state index is 14.0. The summed E-state index contributed by atoms with van der Waals surface area (Å²) in [5.74, 6) is -10.4. The van der Waals surface area contributed by atoms with Crippen molar-refractivity contribution in [1.29, 1.82) is 0 Å². The number of nitrogens with zero attached hydrogens (tertiary/aromatic N) is 2. The summed E-state index contributed by atoms with van der Waals surface area (Å²) in [6.07, 6.45) is -10.5. The number of halogens is 6. The SMILES string of the molecule is [C-]#[N+]c1nc(F)c(F)c(C(O)C(C(O)C(C)(C)C)C(F)(F)F)c1F.[Cu]. The van der Waals surface area contributed by atoms with Crippen molar-refractivity contribution in [1.82, 2.24) is 4.98 Å². The van der Waals surface area contributed by atoms with E-state index in [1.165, 1.54) is 20.8 Å². The largest absolute Gasteiger partial charge is 0.397 e. The number of hydrogen-bond donors (Lipinski definition) is 2. The molecule has 1 aromatic heterocycles. The number of aliphatic hydroxyl groups excluding tert-OH is 2. The fourth-order valence-electron chi connectivity index (χ4n) is 2.10. The van der Waals surface area contributed by atoms with Gasteiger partial charge in [0.25, 0.3) is 0 Å². The molecule has 2 N–H and O–H groups in total. The molecule has 0 spiro atoms. The van der Waals surface area contributed by atoms with Gasteiger partial charge in [0.15, 0.2) is 5.82 Å². The van der Waals surface area contributed by atoms with Crippen LogP contribution in [0.15, 0.2) is 0 Å². The van der Waals surface area contributed by atoms with Crippen LogP contribution in [0.25, 0.3) is 4.85 Å². The van der Waals surface area contributed by atoms with Crippen LogP contribution in [0, 0.1) is 35.5 Å². The normalized spacial score (nSPS) is 15.8. The molecular formula is C14H14CuF6N2O2. The third-order valence-corrected chi connectivity index (χ3v) is 3.40. The fourth-order valence-corrected chi connectivity index (χ4v) is 2.10. The molecule has 1 rings (SSSR count). The van der Waals surface area contributed by atoms with Gasteiger partial charge in [-0.15, -0.1) is 0 Å². The number of alkyl halides is 3. The molecule has 0 aliphatic heterocycles. The van der Waals surface area contributed by atoms with E-state index in [9.17, 15) is 36.6 Å². The van der Waals surface area contributed by atoms with E-state index >= 15 is 0 Å². The summed E-state index contributed by atoms with van der Waals surface area (Å²) in [6.45, 7) is 10.2.